The van der Waals surface area contributed by atoms with Crippen LogP contribution in [-0.4, -0.2) is 9.97 Å². The molecule has 0 bridgehead atoms. The van der Waals surface area contributed by atoms with Gasteiger partial charge in [0.25, 0.3) is 0 Å². The number of hydrogen-bond acceptors (Lipinski definition) is 3. The van der Waals surface area contributed by atoms with Crippen molar-refractivity contribution in [2.75, 3.05) is 5.32 Å². The van der Waals surface area contributed by atoms with Crippen LogP contribution in [-0.2, 0) is 6.18 Å². The first-order valence-corrected chi connectivity index (χ1v) is 7.82. The average molecular weight is 384 g/mol. The Bertz CT molecular complexity index is 896. The van der Waals surface area contributed by atoms with Crippen molar-refractivity contribution in [3.8, 4) is 11.4 Å². The number of rotatable bonds is 3. The van der Waals surface area contributed by atoms with Crippen LogP contribution in [0.1, 0.15) is 5.56 Å². The molecule has 0 atom stereocenters. The van der Waals surface area contributed by atoms with Gasteiger partial charge in [-0.25, -0.2) is 9.97 Å². The lowest BCUT2D eigenvalue weighted by Gasteiger charge is -2.10. The molecule has 0 unspecified atom stereocenters. The normalized spacial score (nSPS) is 11.4. The Morgan fingerprint density at radius 3 is 2.20 bits per heavy atom. The van der Waals surface area contributed by atoms with Gasteiger partial charge in [0, 0.05) is 11.6 Å². The van der Waals surface area contributed by atoms with Crippen molar-refractivity contribution < 1.29 is 13.2 Å². The van der Waals surface area contributed by atoms with Crippen LogP contribution in [0.15, 0.2) is 54.6 Å². The van der Waals surface area contributed by atoms with Gasteiger partial charge in [0.15, 0.2) is 5.82 Å². The number of benzene rings is 2. The molecule has 1 N–H and O–H groups in total. The maximum atomic E-state index is 12.7. The topological polar surface area (TPSA) is 37.8 Å². The molecule has 0 aliphatic carbocycles. The SMILES string of the molecule is FC(F)(F)c1ccc(-c2nc(Cl)cc(Nc3ccccc3Cl)n2)cc1. The van der Waals surface area contributed by atoms with Crippen LogP contribution >= 0.6 is 23.2 Å². The number of nitrogens with zero attached hydrogens (tertiary/aromatic N) is 2. The predicted molar refractivity (Wildman–Crippen MR) is 92.2 cm³/mol. The second kappa shape index (κ2) is 6.90. The van der Waals surface area contributed by atoms with Gasteiger partial charge in [-0.15, -0.1) is 0 Å². The largest absolute Gasteiger partial charge is 0.416 e. The summed E-state index contributed by atoms with van der Waals surface area (Å²) in [5, 5.41) is 3.66. The first kappa shape index (κ1) is 17.5. The fourth-order valence-corrected chi connectivity index (χ4v) is 2.49. The van der Waals surface area contributed by atoms with Crippen molar-refractivity contribution in [1.29, 1.82) is 0 Å². The van der Waals surface area contributed by atoms with Crippen molar-refractivity contribution in [3.63, 3.8) is 0 Å². The van der Waals surface area contributed by atoms with E-state index in [2.05, 4.69) is 15.3 Å². The van der Waals surface area contributed by atoms with Gasteiger partial charge in [0.1, 0.15) is 11.0 Å². The summed E-state index contributed by atoms with van der Waals surface area (Å²) in [4.78, 5) is 8.35. The van der Waals surface area contributed by atoms with E-state index >= 15 is 0 Å². The van der Waals surface area contributed by atoms with Gasteiger partial charge < -0.3 is 5.32 Å². The Balaban J connectivity index is 1.93. The molecular formula is C17H10Cl2F3N3. The number of halogens is 5. The summed E-state index contributed by atoms with van der Waals surface area (Å²) in [5.41, 5.74) is 0.294. The van der Waals surface area contributed by atoms with E-state index in [1.54, 1.807) is 24.3 Å². The molecule has 128 valence electrons. The van der Waals surface area contributed by atoms with Crippen LogP contribution in [0.2, 0.25) is 10.2 Å². The highest BCUT2D eigenvalue weighted by Crippen LogP contribution is 2.31. The molecule has 0 saturated heterocycles. The lowest BCUT2D eigenvalue weighted by Crippen LogP contribution is -2.04. The van der Waals surface area contributed by atoms with E-state index in [1.165, 1.54) is 18.2 Å². The molecule has 3 nitrogen and oxygen atoms in total. The third-order valence-corrected chi connectivity index (χ3v) is 3.83. The maximum Gasteiger partial charge on any atom is 0.416 e. The molecule has 0 aliphatic heterocycles. The van der Waals surface area contributed by atoms with Crippen LogP contribution in [0.25, 0.3) is 11.4 Å². The fraction of sp³-hybridized carbons (Fsp3) is 0.0588. The Hall–Kier alpha value is -2.31. The van der Waals surface area contributed by atoms with E-state index in [-0.39, 0.29) is 11.0 Å². The van der Waals surface area contributed by atoms with E-state index in [0.717, 1.165) is 12.1 Å². The molecular weight excluding hydrogens is 374 g/mol. The first-order valence-electron chi connectivity index (χ1n) is 7.07. The molecule has 3 rings (SSSR count). The highest BCUT2D eigenvalue weighted by atomic mass is 35.5. The zero-order chi connectivity index (χ0) is 18.0. The van der Waals surface area contributed by atoms with Crippen molar-refractivity contribution in [3.05, 3.63) is 70.3 Å². The van der Waals surface area contributed by atoms with Gasteiger partial charge in [-0.05, 0) is 24.3 Å². The molecule has 0 saturated carbocycles. The maximum absolute atomic E-state index is 12.7. The number of para-hydroxylation sites is 1. The Labute approximate surface area is 151 Å². The first-order chi connectivity index (χ1) is 11.8. The van der Waals surface area contributed by atoms with Crippen molar-refractivity contribution in [2.24, 2.45) is 0 Å². The number of alkyl halides is 3. The van der Waals surface area contributed by atoms with E-state index in [1.807, 2.05) is 0 Å². The molecule has 0 amide bonds. The average Bonchev–Trinajstić information content (AvgIpc) is 2.56. The van der Waals surface area contributed by atoms with Crippen molar-refractivity contribution in [1.82, 2.24) is 9.97 Å². The van der Waals surface area contributed by atoms with Crippen LogP contribution in [0.5, 0.6) is 0 Å². The summed E-state index contributed by atoms with van der Waals surface area (Å²) in [7, 11) is 0. The molecule has 3 aromatic rings. The number of hydrogen-bond donors (Lipinski definition) is 1. The van der Waals surface area contributed by atoms with E-state index in [4.69, 9.17) is 23.2 Å². The van der Waals surface area contributed by atoms with Crippen LogP contribution < -0.4 is 5.32 Å². The smallest absolute Gasteiger partial charge is 0.339 e. The Morgan fingerprint density at radius 1 is 0.880 bits per heavy atom. The monoisotopic (exact) mass is 383 g/mol. The highest BCUT2D eigenvalue weighted by molar-refractivity contribution is 6.33. The molecule has 0 radical (unpaired) electrons. The van der Waals surface area contributed by atoms with Crippen LogP contribution in [0.4, 0.5) is 24.7 Å². The third-order valence-electron chi connectivity index (χ3n) is 3.30. The quantitative estimate of drug-likeness (QED) is 0.546. The summed E-state index contributed by atoms with van der Waals surface area (Å²) in [5.74, 6) is 0.582. The Kier molecular flexibility index (Phi) is 4.83. The molecule has 0 aliphatic rings. The number of anilines is 2. The molecule has 1 aromatic heterocycles. The van der Waals surface area contributed by atoms with Crippen LogP contribution in [0, 0.1) is 0 Å². The minimum Gasteiger partial charge on any atom is -0.339 e. The van der Waals surface area contributed by atoms with E-state index in [9.17, 15) is 13.2 Å². The van der Waals surface area contributed by atoms with Crippen molar-refractivity contribution >= 4 is 34.7 Å². The fourth-order valence-electron chi connectivity index (χ4n) is 2.12. The summed E-state index contributed by atoms with van der Waals surface area (Å²) in [6.45, 7) is 0. The lowest BCUT2D eigenvalue weighted by atomic mass is 10.1. The van der Waals surface area contributed by atoms with Gasteiger partial charge in [-0.2, -0.15) is 13.2 Å². The predicted octanol–water partition coefficient (Wildman–Crippen LogP) is 6.21. The second-order valence-corrected chi connectivity index (χ2v) is 5.87. The minimum atomic E-state index is -4.40. The summed E-state index contributed by atoms with van der Waals surface area (Å²) < 4.78 is 38.0. The van der Waals surface area contributed by atoms with E-state index in [0.29, 0.717) is 22.1 Å². The lowest BCUT2D eigenvalue weighted by molar-refractivity contribution is -0.137. The van der Waals surface area contributed by atoms with Crippen LogP contribution in [0.3, 0.4) is 0 Å². The van der Waals surface area contributed by atoms with Gasteiger partial charge in [-0.1, -0.05) is 47.5 Å². The summed E-state index contributed by atoms with van der Waals surface area (Å²) >= 11 is 12.1. The standard InChI is InChI=1S/C17H10Cl2F3N3/c18-12-3-1-2-4-13(12)23-15-9-14(19)24-16(25-15)10-5-7-11(8-6-10)17(20,21)22/h1-9H,(H,23,24,25). The zero-order valence-corrected chi connectivity index (χ0v) is 14.0. The summed E-state index contributed by atoms with van der Waals surface area (Å²) in [6, 6.07) is 13.1. The minimum absolute atomic E-state index is 0.152. The van der Waals surface area contributed by atoms with Gasteiger partial charge in [-0.3, -0.25) is 0 Å². The Morgan fingerprint density at radius 2 is 1.56 bits per heavy atom. The van der Waals surface area contributed by atoms with Crippen molar-refractivity contribution in [2.45, 2.75) is 6.18 Å². The number of aromatic nitrogens is 2. The molecule has 8 heteroatoms. The summed E-state index contributed by atoms with van der Waals surface area (Å²) in [6.07, 6.45) is -4.40. The van der Waals surface area contributed by atoms with E-state index < -0.39 is 11.7 Å². The van der Waals surface area contributed by atoms with Gasteiger partial charge in [0.05, 0.1) is 16.3 Å². The molecule has 0 fully saturated rings. The number of nitrogens with one attached hydrogen (secondary N) is 1. The third kappa shape index (κ3) is 4.21. The van der Waals surface area contributed by atoms with Gasteiger partial charge >= 0.3 is 6.18 Å². The molecule has 2 aromatic carbocycles. The molecule has 1 heterocycles. The second-order valence-electron chi connectivity index (χ2n) is 5.08. The van der Waals surface area contributed by atoms with Gasteiger partial charge in [0.2, 0.25) is 0 Å². The molecule has 25 heavy (non-hydrogen) atoms. The highest BCUT2D eigenvalue weighted by Gasteiger charge is 2.30. The zero-order valence-electron chi connectivity index (χ0n) is 12.5. The molecule has 0 spiro atoms.